The average molecular weight is 362 g/mol. The van der Waals surface area contributed by atoms with E-state index in [9.17, 15) is 14.0 Å². The molecule has 0 radical (unpaired) electrons. The van der Waals surface area contributed by atoms with E-state index < -0.39 is 24.3 Å². The lowest BCUT2D eigenvalue weighted by Gasteiger charge is -2.07. The van der Waals surface area contributed by atoms with E-state index in [2.05, 4.69) is 5.32 Å². The summed E-state index contributed by atoms with van der Waals surface area (Å²) in [4.78, 5) is 23.8. The van der Waals surface area contributed by atoms with E-state index in [4.69, 9.17) is 20.8 Å². The third-order valence-electron chi connectivity index (χ3n) is 3.41. The van der Waals surface area contributed by atoms with Crippen molar-refractivity contribution >= 4 is 40.1 Å². The third-order valence-corrected chi connectivity index (χ3v) is 3.65. The Kier molecular flexibility index (Phi) is 4.72. The number of anilines is 1. The third kappa shape index (κ3) is 3.97. The molecule has 3 rings (SSSR count). The summed E-state index contributed by atoms with van der Waals surface area (Å²) in [5.74, 6) is -2.07. The first-order valence-electron chi connectivity index (χ1n) is 7.34. The van der Waals surface area contributed by atoms with Crippen molar-refractivity contribution in [3.63, 3.8) is 0 Å². The van der Waals surface area contributed by atoms with Gasteiger partial charge in [0.05, 0.1) is 5.69 Å². The summed E-state index contributed by atoms with van der Waals surface area (Å²) in [5, 5.41) is 3.49. The highest BCUT2D eigenvalue weighted by Gasteiger charge is 2.16. The van der Waals surface area contributed by atoms with Gasteiger partial charge in [-0.25, -0.2) is 9.18 Å². The number of aryl methyl sites for hydroxylation is 1. The number of furan rings is 1. The van der Waals surface area contributed by atoms with Crippen molar-refractivity contribution in [2.24, 2.45) is 0 Å². The molecular weight excluding hydrogens is 349 g/mol. The molecule has 0 spiro atoms. The predicted molar refractivity (Wildman–Crippen MR) is 91.3 cm³/mol. The van der Waals surface area contributed by atoms with E-state index in [0.29, 0.717) is 16.0 Å². The second-order valence-corrected chi connectivity index (χ2v) is 5.84. The molecule has 1 heterocycles. The number of hydrogen-bond donors (Lipinski definition) is 1. The van der Waals surface area contributed by atoms with E-state index in [-0.39, 0.29) is 11.4 Å². The van der Waals surface area contributed by atoms with Crippen LogP contribution in [0.4, 0.5) is 10.1 Å². The van der Waals surface area contributed by atoms with Gasteiger partial charge in [-0.3, -0.25) is 4.79 Å². The monoisotopic (exact) mass is 361 g/mol. The Labute approximate surface area is 147 Å². The van der Waals surface area contributed by atoms with Crippen LogP contribution in [0.15, 0.2) is 46.9 Å². The van der Waals surface area contributed by atoms with Crippen molar-refractivity contribution in [2.75, 3.05) is 11.9 Å². The van der Waals surface area contributed by atoms with Crippen LogP contribution in [0, 0.1) is 12.7 Å². The van der Waals surface area contributed by atoms with Crippen molar-refractivity contribution in [3.05, 3.63) is 64.6 Å². The first-order chi connectivity index (χ1) is 11.9. The second-order valence-electron chi connectivity index (χ2n) is 5.40. The lowest BCUT2D eigenvalue weighted by Crippen LogP contribution is -2.21. The number of benzene rings is 2. The number of halogens is 2. The Hall–Kier alpha value is -2.86. The molecule has 0 atom stereocenters. The van der Waals surface area contributed by atoms with Gasteiger partial charge in [-0.1, -0.05) is 17.7 Å². The van der Waals surface area contributed by atoms with E-state index in [1.165, 1.54) is 18.2 Å². The highest BCUT2D eigenvalue weighted by atomic mass is 35.5. The molecule has 1 amide bonds. The van der Waals surface area contributed by atoms with E-state index in [0.717, 1.165) is 5.56 Å². The molecule has 0 aliphatic carbocycles. The van der Waals surface area contributed by atoms with Gasteiger partial charge >= 0.3 is 5.97 Å². The van der Waals surface area contributed by atoms with Gasteiger partial charge in [0.2, 0.25) is 5.76 Å². The van der Waals surface area contributed by atoms with Gasteiger partial charge in [-0.15, -0.1) is 0 Å². The van der Waals surface area contributed by atoms with Gasteiger partial charge in [0.25, 0.3) is 5.91 Å². The smallest absolute Gasteiger partial charge is 0.374 e. The number of hydrogen-bond acceptors (Lipinski definition) is 4. The maximum absolute atomic E-state index is 13.7. The number of rotatable bonds is 4. The predicted octanol–water partition coefficient (Wildman–Crippen LogP) is 4.33. The fourth-order valence-corrected chi connectivity index (χ4v) is 2.41. The van der Waals surface area contributed by atoms with Crippen LogP contribution >= 0.6 is 11.6 Å². The minimum atomic E-state index is -0.799. The topological polar surface area (TPSA) is 68.5 Å². The number of carbonyl (C=O) groups excluding carboxylic acids is 2. The Balaban J connectivity index is 1.61. The quantitative estimate of drug-likeness (QED) is 0.702. The summed E-state index contributed by atoms with van der Waals surface area (Å²) in [6.07, 6.45) is 0. The minimum absolute atomic E-state index is 0.0185. The molecular formula is C18H13ClFNO4. The standard InChI is InChI=1S/C18H13ClFNO4/c1-10-2-4-14(13(20)6-10)21-17(22)9-24-18(23)16-8-11-7-12(19)3-5-15(11)25-16/h2-8H,9H2,1H3,(H,21,22). The van der Waals surface area contributed by atoms with Crippen LogP contribution < -0.4 is 5.32 Å². The molecule has 0 fully saturated rings. The zero-order chi connectivity index (χ0) is 18.0. The summed E-state index contributed by atoms with van der Waals surface area (Å²) in [7, 11) is 0. The van der Waals surface area contributed by atoms with Crippen molar-refractivity contribution in [1.29, 1.82) is 0 Å². The van der Waals surface area contributed by atoms with E-state index in [1.54, 1.807) is 31.2 Å². The Morgan fingerprint density at radius 1 is 1.20 bits per heavy atom. The number of ether oxygens (including phenoxy) is 1. The zero-order valence-electron chi connectivity index (χ0n) is 13.1. The van der Waals surface area contributed by atoms with Crippen LogP contribution in [0.1, 0.15) is 16.1 Å². The zero-order valence-corrected chi connectivity index (χ0v) is 13.9. The Morgan fingerprint density at radius 3 is 2.76 bits per heavy atom. The molecule has 0 unspecified atom stereocenters. The van der Waals surface area contributed by atoms with E-state index >= 15 is 0 Å². The van der Waals surface area contributed by atoms with Crippen LogP contribution in [-0.2, 0) is 9.53 Å². The lowest BCUT2D eigenvalue weighted by atomic mass is 10.2. The fourth-order valence-electron chi connectivity index (χ4n) is 2.22. The summed E-state index contributed by atoms with van der Waals surface area (Å²) < 4.78 is 23.9. The van der Waals surface area contributed by atoms with Crippen molar-refractivity contribution < 1.29 is 23.1 Å². The van der Waals surface area contributed by atoms with Gasteiger partial charge in [0, 0.05) is 10.4 Å². The molecule has 0 aliphatic heterocycles. The Morgan fingerprint density at radius 2 is 2.00 bits per heavy atom. The number of fused-ring (bicyclic) bond motifs is 1. The first-order valence-corrected chi connectivity index (χ1v) is 7.72. The summed E-state index contributed by atoms with van der Waals surface area (Å²) in [6, 6.07) is 10.8. The summed E-state index contributed by atoms with van der Waals surface area (Å²) >= 11 is 5.87. The molecule has 0 saturated heterocycles. The highest BCUT2D eigenvalue weighted by molar-refractivity contribution is 6.31. The fraction of sp³-hybridized carbons (Fsp3) is 0.111. The molecule has 1 aromatic heterocycles. The van der Waals surface area contributed by atoms with Gasteiger partial charge in [-0.05, 0) is 48.9 Å². The van der Waals surface area contributed by atoms with Crippen LogP contribution in [0.25, 0.3) is 11.0 Å². The van der Waals surface area contributed by atoms with Gasteiger partial charge in [0.1, 0.15) is 11.4 Å². The minimum Gasteiger partial charge on any atom is -0.450 e. The second kappa shape index (κ2) is 6.94. The molecule has 3 aromatic rings. The Bertz CT molecular complexity index is 967. The molecule has 128 valence electrons. The largest absolute Gasteiger partial charge is 0.450 e. The molecule has 0 saturated carbocycles. The average Bonchev–Trinajstić information content (AvgIpc) is 2.98. The maximum Gasteiger partial charge on any atom is 0.374 e. The van der Waals surface area contributed by atoms with Crippen LogP contribution in [-0.4, -0.2) is 18.5 Å². The van der Waals surface area contributed by atoms with Crippen molar-refractivity contribution in [1.82, 2.24) is 0 Å². The SMILES string of the molecule is Cc1ccc(NC(=O)COC(=O)c2cc3cc(Cl)ccc3o2)c(F)c1. The van der Waals surface area contributed by atoms with Gasteiger partial charge in [-0.2, -0.15) is 0 Å². The molecule has 7 heteroatoms. The molecule has 5 nitrogen and oxygen atoms in total. The van der Waals surface area contributed by atoms with Crippen LogP contribution in [0.3, 0.4) is 0 Å². The maximum atomic E-state index is 13.7. The molecule has 0 aliphatic rings. The van der Waals surface area contributed by atoms with Gasteiger partial charge in [0.15, 0.2) is 6.61 Å². The van der Waals surface area contributed by atoms with Crippen molar-refractivity contribution in [2.45, 2.75) is 6.92 Å². The van der Waals surface area contributed by atoms with Gasteiger partial charge < -0.3 is 14.5 Å². The summed E-state index contributed by atoms with van der Waals surface area (Å²) in [5.41, 5.74) is 1.22. The van der Waals surface area contributed by atoms with Crippen molar-refractivity contribution in [3.8, 4) is 0 Å². The molecule has 2 aromatic carbocycles. The number of esters is 1. The molecule has 25 heavy (non-hydrogen) atoms. The summed E-state index contributed by atoms with van der Waals surface area (Å²) in [6.45, 7) is 1.17. The van der Waals surface area contributed by atoms with E-state index in [1.807, 2.05) is 0 Å². The first kappa shape index (κ1) is 17.0. The van der Waals surface area contributed by atoms with Crippen LogP contribution in [0.2, 0.25) is 5.02 Å². The number of nitrogens with one attached hydrogen (secondary N) is 1. The lowest BCUT2D eigenvalue weighted by molar-refractivity contribution is -0.119. The molecule has 0 bridgehead atoms. The molecule has 1 N–H and O–H groups in total. The normalized spacial score (nSPS) is 10.7. The van der Waals surface area contributed by atoms with Crippen LogP contribution in [0.5, 0.6) is 0 Å². The highest BCUT2D eigenvalue weighted by Crippen LogP contribution is 2.23. The number of carbonyl (C=O) groups is 2. The number of amides is 1.